The first-order chi connectivity index (χ1) is 13.8. The Bertz CT molecular complexity index is 991. The number of nitrogens with one attached hydrogen (secondary N) is 2. The first-order valence-corrected chi connectivity index (χ1v) is 9.56. The van der Waals surface area contributed by atoms with Gasteiger partial charge in [0.15, 0.2) is 0 Å². The molecule has 2 heterocycles. The van der Waals surface area contributed by atoms with Crippen molar-refractivity contribution in [3.63, 3.8) is 0 Å². The van der Waals surface area contributed by atoms with Gasteiger partial charge in [-0.2, -0.15) is 5.10 Å². The molecule has 28 heavy (non-hydrogen) atoms. The fraction of sp³-hybridized carbons (Fsp3) is 0.167. The van der Waals surface area contributed by atoms with Gasteiger partial charge in [0.05, 0.1) is 6.20 Å². The van der Waals surface area contributed by atoms with Gasteiger partial charge >= 0.3 is 0 Å². The van der Waals surface area contributed by atoms with Crippen LogP contribution >= 0.6 is 0 Å². The highest BCUT2D eigenvalue weighted by Gasteiger charge is 2.16. The van der Waals surface area contributed by atoms with Crippen molar-refractivity contribution in [2.45, 2.75) is 12.3 Å². The summed E-state index contributed by atoms with van der Waals surface area (Å²) in [5, 5.41) is 10.3. The molecule has 1 aliphatic rings. The van der Waals surface area contributed by atoms with Gasteiger partial charge in [-0.1, -0.05) is 60.2 Å². The second kappa shape index (κ2) is 8.63. The predicted octanol–water partition coefficient (Wildman–Crippen LogP) is 5.24. The number of allylic oxidation sites excluding steroid dienone is 5. The van der Waals surface area contributed by atoms with E-state index in [0.29, 0.717) is 5.92 Å². The van der Waals surface area contributed by atoms with Gasteiger partial charge < -0.3 is 5.32 Å². The zero-order chi connectivity index (χ0) is 19.2. The number of benzene rings is 1. The minimum absolute atomic E-state index is 0. The zero-order valence-electron chi connectivity index (χ0n) is 16.0. The van der Waals surface area contributed by atoms with E-state index in [1.165, 1.54) is 22.3 Å². The van der Waals surface area contributed by atoms with E-state index in [0.717, 1.165) is 24.1 Å². The van der Waals surface area contributed by atoms with Crippen molar-refractivity contribution in [3.05, 3.63) is 102 Å². The third kappa shape index (κ3) is 4.02. The topological polar surface area (TPSA) is 53.6 Å². The molecule has 0 saturated heterocycles. The van der Waals surface area contributed by atoms with Gasteiger partial charge in [0.1, 0.15) is 0 Å². The van der Waals surface area contributed by atoms with E-state index >= 15 is 0 Å². The molecule has 0 amide bonds. The lowest BCUT2D eigenvalue weighted by atomic mass is 9.88. The average Bonchev–Trinajstić information content (AvgIpc) is 3.18. The molecule has 1 unspecified atom stereocenters. The van der Waals surface area contributed by atoms with Gasteiger partial charge in [-0.15, -0.1) is 0 Å². The second-order valence-corrected chi connectivity index (χ2v) is 6.93. The normalized spacial score (nSPS) is 14.9. The highest BCUT2D eigenvalue weighted by molar-refractivity contribution is 5.75. The molecule has 0 saturated carbocycles. The summed E-state index contributed by atoms with van der Waals surface area (Å²) < 4.78 is 0. The smallest absolute Gasteiger partial charge is 0.0565 e. The zero-order valence-corrected chi connectivity index (χ0v) is 16.0. The van der Waals surface area contributed by atoms with Crippen LogP contribution in [0.4, 0.5) is 0 Å². The van der Waals surface area contributed by atoms with E-state index in [-0.39, 0.29) is 2.85 Å². The van der Waals surface area contributed by atoms with Crippen LogP contribution in [0.5, 0.6) is 0 Å². The summed E-state index contributed by atoms with van der Waals surface area (Å²) >= 11 is 0. The molecule has 0 radical (unpaired) electrons. The SMILES string of the molecule is CNCC(C1=CC=C(c2cn[nH]c2)C=CC1)c1ccc(-c2cccnc2)cc1.[HH].[HH]. The maximum absolute atomic E-state index is 4.22. The van der Waals surface area contributed by atoms with Crippen molar-refractivity contribution in [1.82, 2.24) is 20.5 Å². The number of hydrogen-bond donors (Lipinski definition) is 2. The second-order valence-electron chi connectivity index (χ2n) is 6.93. The molecule has 0 fully saturated rings. The summed E-state index contributed by atoms with van der Waals surface area (Å²) in [7, 11) is 2.01. The van der Waals surface area contributed by atoms with E-state index in [4.69, 9.17) is 0 Å². The molecule has 4 nitrogen and oxygen atoms in total. The van der Waals surface area contributed by atoms with Gasteiger partial charge in [0.25, 0.3) is 0 Å². The molecule has 4 heteroatoms. The molecule has 4 rings (SSSR count). The van der Waals surface area contributed by atoms with E-state index in [1.54, 1.807) is 6.20 Å². The van der Waals surface area contributed by atoms with E-state index in [9.17, 15) is 0 Å². The summed E-state index contributed by atoms with van der Waals surface area (Å²) in [6, 6.07) is 12.9. The van der Waals surface area contributed by atoms with Crippen LogP contribution in [0.25, 0.3) is 16.7 Å². The first kappa shape index (κ1) is 18.1. The van der Waals surface area contributed by atoms with Crippen LogP contribution in [0.1, 0.15) is 26.3 Å². The van der Waals surface area contributed by atoms with Crippen molar-refractivity contribution in [3.8, 4) is 11.1 Å². The summed E-state index contributed by atoms with van der Waals surface area (Å²) in [6.45, 7) is 0.904. The molecule has 144 valence electrons. The van der Waals surface area contributed by atoms with Crippen LogP contribution < -0.4 is 5.32 Å². The largest absolute Gasteiger partial charge is 0.319 e. The predicted molar refractivity (Wildman–Crippen MR) is 119 cm³/mol. The summed E-state index contributed by atoms with van der Waals surface area (Å²) in [4.78, 5) is 4.22. The van der Waals surface area contributed by atoms with Gasteiger partial charge in [-0.25, -0.2) is 0 Å². The number of pyridine rings is 1. The Morgan fingerprint density at radius 2 is 1.96 bits per heavy atom. The summed E-state index contributed by atoms with van der Waals surface area (Å²) in [6.07, 6.45) is 17.3. The lowest BCUT2D eigenvalue weighted by molar-refractivity contribution is 0.687. The highest BCUT2D eigenvalue weighted by atomic mass is 15.1. The molecule has 2 aromatic heterocycles. The Morgan fingerprint density at radius 3 is 2.68 bits per heavy atom. The van der Waals surface area contributed by atoms with Crippen molar-refractivity contribution >= 4 is 5.57 Å². The fourth-order valence-electron chi connectivity index (χ4n) is 3.61. The molecule has 3 aromatic rings. The summed E-state index contributed by atoms with van der Waals surface area (Å²) in [5.74, 6) is 0.331. The molecule has 1 atom stereocenters. The number of hydrogen-bond acceptors (Lipinski definition) is 3. The molecule has 0 bridgehead atoms. The van der Waals surface area contributed by atoms with Crippen LogP contribution in [0, 0.1) is 0 Å². The highest BCUT2D eigenvalue weighted by Crippen LogP contribution is 2.31. The number of H-pyrrole nitrogens is 1. The molecule has 0 aliphatic heterocycles. The standard InChI is InChI=1S/C24H24N4.2H2/c1-25-17-24(20-5-2-4-18(7-10-20)23-15-27-28-16-23)21-11-8-19(9-12-21)22-6-3-13-26-14-22;;/h2-4,6-16,24-25H,5,17H2,1H3,(H,27,28);2*1H. The maximum atomic E-state index is 4.22. The van der Waals surface area contributed by atoms with Crippen molar-refractivity contribution < 1.29 is 2.85 Å². The van der Waals surface area contributed by atoms with E-state index in [2.05, 4.69) is 75.1 Å². The van der Waals surface area contributed by atoms with E-state index in [1.807, 2.05) is 31.7 Å². The minimum atomic E-state index is 0. The van der Waals surface area contributed by atoms with Crippen molar-refractivity contribution in [2.75, 3.05) is 13.6 Å². The lowest BCUT2D eigenvalue weighted by Gasteiger charge is -2.20. The van der Waals surface area contributed by atoms with Crippen LogP contribution in [0.2, 0.25) is 0 Å². The fourth-order valence-corrected chi connectivity index (χ4v) is 3.61. The molecule has 2 N–H and O–H groups in total. The number of aromatic nitrogens is 3. The number of rotatable bonds is 6. The third-order valence-electron chi connectivity index (χ3n) is 5.12. The van der Waals surface area contributed by atoms with Gasteiger partial charge in [0.2, 0.25) is 0 Å². The lowest BCUT2D eigenvalue weighted by Crippen LogP contribution is -2.19. The van der Waals surface area contributed by atoms with Crippen LogP contribution in [0.15, 0.2) is 91.1 Å². The van der Waals surface area contributed by atoms with Crippen LogP contribution in [0.3, 0.4) is 0 Å². The Kier molecular flexibility index (Phi) is 5.59. The average molecular weight is 373 g/mol. The van der Waals surface area contributed by atoms with Crippen molar-refractivity contribution in [2.24, 2.45) is 0 Å². The maximum Gasteiger partial charge on any atom is 0.0565 e. The summed E-state index contributed by atoms with van der Waals surface area (Å²) in [5.41, 5.74) is 7.35. The third-order valence-corrected chi connectivity index (χ3v) is 5.12. The van der Waals surface area contributed by atoms with Gasteiger partial charge in [-0.05, 0) is 41.8 Å². The molecular formula is C24H28N4. The van der Waals surface area contributed by atoms with Crippen LogP contribution in [-0.2, 0) is 0 Å². The first-order valence-electron chi connectivity index (χ1n) is 9.56. The molecule has 1 aliphatic carbocycles. The van der Waals surface area contributed by atoms with Gasteiger partial charge in [-0.3, -0.25) is 10.1 Å². The van der Waals surface area contributed by atoms with Crippen LogP contribution in [-0.4, -0.2) is 28.8 Å². The minimum Gasteiger partial charge on any atom is -0.319 e. The number of nitrogens with zero attached hydrogens (tertiary/aromatic N) is 2. The monoisotopic (exact) mass is 372 g/mol. The Morgan fingerprint density at radius 1 is 1.07 bits per heavy atom. The Balaban J connectivity index is 0.00000160. The Labute approximate surface area is 168 Å². The number of likely N-dealkylation sites (N-methyl/N-ethyl adjacent to an activating group) is 1. The molecular weight excluding hydrogens is 344 g/mol. The van der Waals surface area contributed by atoms with Crippen molar-refractivity contribution in [1.29, 1.82) is 0 Å². The van der Waals surface area contributed by atoms with E-state index < -0.39 is 0 Å². The van der Waals surface area contributed by atoms with Gasteiger partial charge in [0, 0.05) is 39.5 Å². The number of aromatic amines is 1. The molecule has 1 aromatic carbocycles. The molecule has 0 spiro atoms. The Hall–Kier alpha value is -3.24. The quantitative estimate of drug-likeness (QED) is 0.622.